The van der Waals surface area contributed by atoms with Crippen molar-refractivity contribution in [2.24, 2.45) is 0 Å². The van der Waals surface area contributed by atoms with E-state index in [1.54, 1.807) is 25.7 Å². The van der Waals surface area contributed by atoms with E-state index in [0.29, 0.717) is 34.3 Å². The number of benzene rings is 4. The molecule has 11 heteroatoms. The predicted molar refractivity (Wildman–Crippen MR) is 210 cm³/mol. The minimum atomic E-state index is -0.337. The van der Waals surface area contributed by atoms with Crippen LogP contribution in [0.4, 0.5) is 11.4 Å². The first kappa shape index (κ1) is 37.9. The molecule has 0 aliphatic rings. The van der Waals surface area contributed by atoms with E-state index in [-0.39, 0.29) is 22.6 Å². The van der Waals surface area contributed by atoms with E-state index in [0.717, 1.165) is 39.1 Å². The summed E-state index contributed by atoms with van der Waals surface area (Å²) in [7, 11) is 1.60. The molecule has 0 unspecified atom stereocenters. The average molecular weight is 738 g/mol. The second-order valence-corrected chi connectivity index (χ2v) is 14.6. The third-order valence-electron chi connectivity index (χ3n) is 8.71. The van der Waals surface area contributed by atoms with Crippen LogP contribution in [0.2, 0.25) is 10.0 Å². The Bertz CT molecular complexity index is 2090. The monoisotopic (exact) mass is 736 g/mol. The number of rotatable bonds is 11. The molecule has 4 N–H and O–H groups in total. The van der Waals surface area contributed by atoms with Crippen molar-refractivity contribution in [2.75, 3.05) is 17.7 Å². The highest BCUT2D eigenvalue weighted by Crippen LogP contribution is 2.34. The Balaban J connectivity index is 0.000000202. The minimum absolute atomic E-state index is 0.0268. The van der Waals surface area contributed by atoms with Crippen LogP contribution < -0.4 is 15.4 Å². The van der Waals surface area contributed by atoms with Gasteiger partial charge in [0.1, 0.15) is 5.75 Å². The maximum absolute atomic E-state index is 12.6. The van der Waals surface area contributed by atoms with Gasteiger partial charge in [0.05, 0.1) is 19.5 Å². The van der Waals surface area contributed by atoms with Crippen LogP contribution in [0.5, 0.6) is 5.75 Å². The second-order valence-electron chi connectivity index (χ2n) is 13.7. The number of aromatic amines is 2. The summed E-state index contributed by atoms with van der Waals surface area (Å²) in [5.41, 5.74) is 6.79. The molecule has 0 saturated heterocycles. The van der Waals surface area contributed by atoms with Gasteiger partial charge in [-0.3, -0.25) is 19.8 Å². The molecule has 0 saturated carbocycles. The fourth-order valence-corrected chi connectivity index (χ4v) is 6.18. The van der Waals surface area contributed by atoms with Gasteiger partial charge < -0.3 is 15.4 Å². The standard InChI is InChI=1S/C21H22ClN3O2.C20H20ClN3O/c1-21(2,15-5-4-6-16(22)9-15)11-20(26)25-17-7-8-18(19(10-17)27-3)14-12-23-24-13-14;1-20(2,16-4-3-5-17(21)10-16)11-19(25)24-18-8-6-14(7-9-18)15-12-22-23-13-15/h4-10,12-13H,11H2,1-3H3,(H,23,24)(H,25,26);3-10,12-13H,11H2,1-2H3,(H,22,23)(H,24,25). The van der Waals surface area contributed by atoms with Gasteiger partial charge in [0.15, 0.2) is 0 Å². The molecule has 0 aliphatic heterocycles. The zero-order chi connectivity index (χ0) is 37.3. The summed E-state index contributed by atoms with van der Waals surface area (Å²) in [6, 6.07) is 28.6. The van der Waals surface area contributed by atoms with Crippen molar-refractivity contribution >= 4 is 46.4 Å². The molecule has 9 nitrogen and oxygen atoms in total. The molecule has 6 rings (SSSR count). The van der Waals surface area contributed by atoms with E-state index in [9.17, 15) is 9.59 Å². The first-order valence-electron chi connectivity index (χ1n) is 16.7. The number of methoxy groups -OCH3 is 1. The van der Waals surface area contributed by atoms with Gasteiger partial charge in [0.2, 0.25) is 11.8 Å². The van der Waals surface area contributed by atoms with Crippen molar-refractivity contribution in [3.05, 3.63) is 137 Å². The topological polar surface area (TPSA) is 125 Å². The molecule has 4 aromatic carbocycles. The highest BCUT2D eigenvalue weighted by atomic mass is 35.5. The Hall–Kier alpha value is -5.38. The van der Waals surface area contributed by atoms with Gasteiger partial charge in [-0.05, 0) is 76.1 Å². The van der Waals surface area contributed by atoms with Gasteiger partial charge in [-0.2, -0.15) is 10.2 Å². The molecule has 0 spiro atoms. The third kappa shape index (κ3) is 10.1. The van der Waals surface area contributed by atoms with Crippen LogP contribution in [-0.4, -0.2) is 39.3 Å². The Morgan fingerprint density at radius 1 is 0.654 bits per heavy atom. The highest BCUT2D eigenvalue weighted by Gasteiger charge is 2.26. The molecular formula is C41H42Cl2N6O3. The first-order valence-corrected chi connectivity index (χ1v) is 17.5. The number of carbonyl (C=O) groups excluding carboxylic acids is 2. The molecule has 2 amide bonds. The van der Waals surface area contributed by atoms with Crippen molar-refractivity contribution < 1.29 is 14.3 Å². The zero-order valence-corrected chi connectivity index (χ0v) is 31.3. The fraction of sp³-hybridized carbons (Fsp3) is 0.220. The van der Waals surface area contributed by atoms with Crippen molar-refractivity contribution in [3.63, 3.8) is 0 Å². The number of ether oxygens (including phenoxy) is 1. The van der Waals surface area contributed by atoms with Gasteiger partial charge in [-0.1, -0.05) is 87.3 Å². The SMILES string of the molecule is CC(C)(CC(=O)Nc1ccc(-c2cn[nH]c2)cc1)c1cccc(Cl)c1.COc1cc(NC(=O)CC(C)(C)c2cccc(Cl)c2)ccc1-c1cn[nH]c1. The predicted octanol–water partition coefficient (Wildman–Crippen LogP) is 10.1. The van der Waals surface area contributed by atoms with E-state index < -0.39 is 0 Å². The number of hydrogen-bond donors (Lipinski definition) is 4. The number of H-pyrrole nitrogens is 2. The van der Waals surface area contributed by atoms with E-state index in [2.05, 4.69) is 31.0 Å². The fourth-order valence-electron chi connectivity index (χ4n) is 5.80. The van der Waals surface area contributed by atoms with Gasteiger partial charge in [0, 0.05) is 69.4 Å². The summed E-state index contributed by atoms with van der Waals surface area (Å²) in [6.07, 6.45) is 7.82. The van der Waals surface area contributed by atoms with Crippen LogP contribution in [0.3, 0.4) is 0 Å². The molecule has 2 heterocycles. The Labute approximate surface area is 314 Å². The van der Waals surface area contributed by atoms with Gasteiger partial charge in [0.25, 0.3) is 0 Å². The molecule has 0 fully saturated rings. The molecule has 268 valence electrons. The van der Waals surface area contributed by atoms with Crippen LogP contribution >= 0.6 is 23.2 Å². The summed E-state index contributed by atoms with van der Waals surface area (Å²) in [4.78, 5) is 25.0. The van der Waals surface area contributed by atoms with Crippen LogP contribution in [0, 0.1) is 0 Å². The maximum Gasteiger partial charge on any atom is 0.225 e. The maximum atomic E-state index is 12.6. The van der Waals surface area contributed by atoms with E-state index in [1.807, 2.05) is 125 Å². The molecule has 6 aromatic rings. The summed E-state index contributed by atoms with van der Waals surface area (Å²) < 4.78 is 5.47. The number of hydrogen-bond acceptors (Lipinski definition) is 5. The van der Waals surface area contributed by atoms with Gasteiger partial charge in [-0.15, -0.1) is 0 Å². The summed E-state index contributed by atoms with van der Waals surface area (Å²) in [6.45, 7) is 8.14. The number of aromatic nitrogens is 4. The molecule has 2 aromatic heterocycles. The number of amides is 2. The number of nitrogens with one attached hydrogen (secondary N) is 4. The lowest BCUT2D eigenvalue weighted by atomic mass is 9.81. The minimum Gasteiger partial charge on any atom is -0.496 e. The third-order valence-corrected chi connectivity index (χ3v) is 9.18. The van der Waals surface area contributed by atoms with Gasteiger partial charge >= 0.3 is 0 Å². The van der Waals surface area contributed by atoms with Crippen molar-refractivity contribution in [2.45, 2.75) is 51.4 Å². The summed E-state index contributed by atoms with van der Waals surface area (Å²) in [5.74, 6) is 0.572. The van der Waals surface area contributed by atoms with Crippen LogP contribution in [0.15, 0.2) is 116 Å². The quantitative estimate of drug-likeness (QED) is 0.105. The number of halogens is 2. The van der Waals surface area contributed by atoms with Crippen LogP contribution in [-0.2, 0) is 20.4 Å². The Kier molecular flexibility index (Phi) is 12.2. The summed E-state index contributed by atoms with van der Waals surface area (Å²) in [5, 5.41) is 20.7. The highest BCUT2D eigenvalue weighted by molar-refractivity contribution is 6.31. The number of carbonyl (C=O) groups is 2. The molecule has 0 radical (unpaired) electrons. The zero-order valence-electron chi connectivity index (χ0n) is 29.8. The molecule has 52 heavy (non-hydrogen) atoms. The molecular weight excluding hydrogens is 695 g/mol. The van der Waals surface area contributed by atoms with Gasteiger partial charge in [-0.25, -0.2) is 0 Å². The normalized spacial score (nSPS) is 11.3. The lowest BCUT2D eigenvalue weighted by Gasteiger charge is -2.25. The second kappa shape index (κ2) is 16.8. The number of nitrogens with zero attached hydrogens (tertiary/aromatic N) is 2. The van der Waals surface area contributed by atoms with Crippen LogP contribution in [0.1, 0.15) is 51.7 Å². The summed E-state index contributed by atoms with van der Waals surface area (Å²) >= 11 is 12.2. The average Bonchev–Trinajstić information content (AvgIpc) is 3.84. The van der Waals surface area contributed by atoms with Crippen molar-refractivity contribution in [1.82, 2.24) is 20.4 Å². The van der Waals surface area contributed by atoms with E-state index in [1.165, 1.54) is 0 Å². The van der Waals surface area contributed by atoms with E-state index >= 15 is 0 Å². The molecule has 0 bridgehead atoms. The van der Waals surface area contributed by atoms with E-state index in [4.69, 9.17) is 27.9 Å². The first-order chi connectivity index (χ1) is 24.8. The molecule has 0 atom stereocenters. The largest absolute Gasteiger partial charge is 0.496 e. The lowest BCUT2D eigenvalue weighted by molar-refractivity contribution is -0.118. The van der Waals surface area contributed by atoms with Crippen molar-refractivity contribution in [1.29, 1.82) is 0 Å². The lowest BCUT2D eigenvalue weighted by Crippen LogP contribution is -2.25. The van der Waals surface area contributed by atoms with Crippen LogP contribution in [0.25, 0.3) is 22.3 Å². The Morgan fingerprint density at radius 3 is 1.63 bits per heavy atom. The smallest absolute Gasteiger partial charge is 0.225 e. The van der Waals surface area contributed by atoms with Crippen molar-refractivity contribution in [3.8, 4) is 28.0 Å². The number of anilines is 2. The Morgan fingerprint density at radius 2 is 1.15 bits per heavy atom. The molecule has 0 aliphatic carbocycles.